The highest BCUT2D eigenvalue weighted by Gasteiger charge is 2.20. The highest BCUT2D eigenvalue weighted by Crippen LogP contribution is 2.20. The minimum absolute atomic E-state index is 0.00821. The Morgan fingerprint density at radius 1 is 0.315 bits per heavy atom. The van der Waals surface area contributed by atoms with E-state index >= 15 is 0 Å². The van der Waals surface area contributed by atoms with E-state index in [0.717, 1.165) is 51.4 Å². The molecule has 0 radical (unpaired) electrons. The van der Waals surface area contributed by atoms with Crippen molar-refractivity contribution in [3.05, 3.63) is 36.5 Å². The van der Waals surface area contributed by atoms with Gasteiger partial charge in [0.2, 0.25) is 5.91 Å². The Labute approximate surface area is 557 Å². The van der Waals surface area contributed by atoms with Crippen LogP contribution in [0.4, 0.5) is 0 Å². The van der Waals surface area contributed by atoms with Crippen LogP contribution >= 0.6 is 0 Å². The van der Waals surface area contributed by atoms with Gasteiger partial charge in [-0.25, -0.2) is 0 Å². The molecule has 526 valence electrons. The lowest BCUT2D eigenvalue weighted by atomic mass is 10.0. The van der Waals surface area contributed by atoms with Gasteiger partial charge in [0, 0.05) is 12.8 Å². The predicted octanol–water partition coefficient (Wildman–Crippen LogP) is 27.0. The van der Waals surface area contributed by atoms with Crippen molar-refractivity contribution in [3.63, 3.8) is 0 Å². The van der Waals surface area contributed by atoms with Crippen LogP contribution in [0.15, 0.2) is 36.5 Å². The number of carbonyl (C=O) groups excluding carboxylic acids is 2. The van der Waals surface area contributed by atoms with Gasteiger partial charge < -0.3 is 20.3 Å². The number of unbranched alkanes of at least 4 members (excludes halogenated alkanes) is 60. The molecule has 0 aromatic rings. The molecule has 0 spiro atoms. The summed E-state index contributed by atoms with van der Waals surface area (Å²) in [5.74, 6) is -0.0184. The number of ether oxygens (including phenoxy) is 1. The average molecular weight is 1250 g/mol. The lowest BCUT2D eigenvalue weighted by molar-refractivity contribution is -0.143. The second kappa shape index (κ2) is 78.5. The number of amides is 1. The maximum Gasteiger partial charge on any atom is 0.305 e. The monoisotopic (exact) mass is 1250 g/mol. The van der Waals surface area contributed by atoms with Gasteiger partial charge in [-0.15, -0.1) is 0 Å². The predicted molar refractivity (Wildman–Crippen MR) is 393 cm³/mol. The van der Waals surface area contributed by atoms with Crippen molar-refractivity contribution < 1.29 is 24.5 Å². The van der Waals surface area contributed by atoms with Crippen LogP contribution in [0.5, 0.6) is 0 Å². The van der Waals surface area contributed by atoms with Gasteiger partial charge in [0.05, 0.1) is 25.4 Å². The number of aliphatic hydroxyl groups is 2. The van der Waals surface area contributed by atoms with Crippen molar-refractivity contribution in [1.29, 1.82) is 0 Å². The molecular formula is C83H159NO5. The van der Waals surface area contributed by atoms with Gasteiger partial charge >= 0.3 is 5.97 Å². The Hall–Kier alpha value is -1.92. The molecule has 0 aromatic carbocycles. The van der Waals surface area contributed by atoms with Crippen LogP contribution in [0, 0.1) is 0 Å². The molecule has 0 aromatic heterocycles. The van der Waals surface area contributed by atoms with Crippen molar-refractivity contribution >= 4 is 11.9 Å². The molecular weight excluding hydrogens is 1090 g/mol. The van der Waals surface area contributed by atoms with Crippen LogP contribution in [0.2, 0.25) is 0 Å². The maximum atomic E-state index is 12.6. The first-order chi connectivity index (χ1) is 44.0. The van der Waals surface area contributed by atoms with E-state index in [1.807, 2.05) is 0 Å². The maximum absolute atomic E-state index is 12.6. The number of hydrogen-bond acceptors (Lipinski definition) is 5. The number of allylic oxidation sites excluding steroid dienone is 6. The van der Waals surface area contributed by atoms with Crippen LogP contribution in [0.25, 0.3) is 0 Å². The van der Waals surface area contributed by atoms with Gasteiger partial charge in [-0.3, -0.25) is 9.59 Å². The van der Waals surface area contributed by atoms with E-state index in [0.29, 0.717) is 25.9 Å². The fourth-order valence-electron chi connectivity index (χ4n) is 13.0. The van der Waals surface area contributed by atoms with Crippen molar-refractivity contribution in [2.45, 2.75) is 469 Å². The zero-order chi connectivity index (χ0) is 64.2. The molecule has 2 atom stereocenters. The molecule has 0 heterocycles. The molecule has 6 heteroatoms. The van der Waals surface area contributed by atoms with Crippen LogP contribution < -0.4 is 5.32 Å². The number of carbonyl (C=O) groups is 2. The normalized spacial score (nSPS) is 12.6. The summed E-state index contributed by atoms with van der Waals surface area (Å²) in [4.78, 5) is 24.6. The largest absolute Gasteiger partial charge is 0.466 e. The summed E-state index contributed by atoms with van der Waals surface area (Å²) in [6, 6.07) is -0.541. The molecule has 0 rings (SSSR count). The molecule has 6 nitrogen and oxygen atoms in total. The topological polar surface area (TPSA) is 95.9 Å². The molecule has 0 aliphatic rings. The second-order valence-corrected chi connectivity index (χ2v) is 28.1. The van der Waals surface area contributed by atoms with E-state index in [1.165, 1.54) is 372 Å². The third-order valence-electron chi connectivity index (χ3n) is 19.2. The first-order valence-electron chi connectivity index (χ1n) is 40.7. The minimum atomic E-state index is -0.664. The minimum Gasteiger partial charge on any atom is -0.466 e. The lowest BCUT2D eigenvalue weighted by Gasteiger charge is -2.22. The van der Waals surface area contributed by atoms with E-state index in [1.54, 1.807) is 0 Å². The quantitative estimate of drug-likeness (QED) is 0.0320. The van der Waals surface area contributed by atoms with Crippen molar-refractivity contribution in [3.8, 4) is 0 Å². The summed E-state index contributed by atoms with van der Waals surface area (Å²) in [6.45, 7) is 4.96. The molecule has 89 heavy (non-hydrogen) atoms. The fourth-order valence-corrected chi connectivity index (χ4v) is 13.0. The van der Waals surface area contributed by atoms with Gasteiger partial charge in [0.25, 0.3) is 0 Å². The first-order valence-corrected chi connectivity index (χ1v) is 40.7. The molecule has 3 N–H and O–H groups in total. The highest BCUT2D eigenvalue weighted by molar-refractivity contribution is 5.76. The van der Waals surface area contributed by atoms with E-state index in [9.17, 15) is 19.8 Å². The third kappa shape index (κ3) is 75.0. The third-order valence-corrected chi connectivity index (χ3v) is 19.2. The van der Waals surface area contributed by atoms with Gasteiger partial charge in [-0.2, -0.15) is 0 Å². The SMILES string of the molecule is CCCC/C=C\CCCCCCCC(=O)OCCCCCCCCCCCCCCC/C=C\C/C=C\CCCCCCCCCCCCCCCCCCCC(=O)NC(CO)C(O)CCCCCCCCCCCCCCCCCCCCCCCCCC. The van der Waals surface area contributed by atoms with Gasteiger partial charge in [-0.1, -0.05) is 403 Å². The molecule has 0 saturated carbocycles. The number of hydrogen-bond donors (Lipinski definition) is 3. The van der Waals surface area contributed by atoms with Crippen LogP contribution in [-0.4, -0.2) is 47.4 Å². The van der Waals surface area contributed by atoms with E-state index in [4.69, 9.17) is 4.74 Å². The Kier molecular flexibility index (Phi) is 76.8. The Morgan fingerprint density at radius 3 is 0.899 bits per heavy atom. The summed E-state index contributed by atoms with van der Waals surface area (Å²) < 4.78 is 5.47. The number of aliphatic hydroxyl groups excluding tert-OH is 2. The molecule has 0 aliphatic carbocycles. The first kappa shape index (κ1) is 87.1. The smallest absolute Gasteiger partial charge is 0.305 e. The zero-order valence-corrected chi connectivity index (χ0v) is 60.4. The highest BCUT2D eigenvalue weighted by atomic mass is 16.5. The van der Waals surface area contributed by atoms with Crippen LogP contribution in [-0.2, 0) is 14.3 Å². The molecule has 1 amide bonds. The van der Waals surface area contributed by atoms with Crippen LogP contribution in [0.1, 0.15) is 457 Å². The van der Waals surface area contributed by atoms with Crippen LogP contribution in [0.3, 0.4) is 0 Å². The Morgan fingerprint density at radius 2 is 0.573 bits per heavy atom. The van der Waals surface area contributed by atoms with Crippen molar-refractivity contribution in [1.82, 2.24) is 5.32 Å². The number of rotatable bonds is 77. The molecule has 0 saturated heterocycles. The average Bonchev–Trinajstić information content (AvgIpc) is 3.68. The molecule has 0 bridgehead atoms. The van der Waals surface area contributed by atoms with Gasteiger partial charge in [0.15, 0.2) is 0 Å². The van der Waals surface area contributed by atoms with Crippen molar-refractivity contribution in [2.24, 2.45) is 0 Å². The summed E-state index contributed by atoms with van der Waals surface area (Å²) in [5, 5.41) is 23.5. The summed E-state index contributed by atoms with van der Waals surface area (Å²) >= 11 is 0. The van der Waals surface area contributed by atoms with Gasteiger partial charge in [0.1, 0.15) is 0 Å². The molecule has 0 fully saturated rings. The summed E-state index contributed by atoms with van der Waals surface area (Å²) in [7, 11) is 0. The van der Waals surface area contributed by atoms with Gasteiger partial charge in [-0.05, 0) is 77.0 Å². The lowest BCUT2D eigenvalue weighted by Crippen LogP contribution is -2.45. The number of nitrogens with one attached hydrogen (secondary N) is 1. The number of esters is 1. The zero-order valence-electron chi connectivity index (χ0n) is 60.4. The summed E-state index contributed by atoms with van der Waals surface area (Å²) in [6.07, 6.45) is 103. The second-order valence-electron chi connectivity index (χ2n) is 28.1. The standard InChI is InChI=1S/C83H159NO5/c1-3-5-7-9-11-13-15-16-17-18-19-20-21-37-40-43-46-49-52-56-59-63-67-71-75-81(86)80(79-85)84-82(87)76-72-68-64-60-57-53-50-47-44-41-38-35-33-31-29-27-25-23-22-24-26-28-30-32-34-36-39-42-45-48-51-54-58-62-66-70-74-78-89-83(88)77-73-69-65-61-55-14-12-10-8-6-4-2/h10,12,22,24,28,30,80-81,85-86H,3-9,11,13-21,23,25-27,29,31-79H2,1-2H3,(H,84,87)/b12-10-,24-22-,30-28-. The van der Waals surface area contributed by atoms with E-state index in [2.05, 4.69) is 55.6 Å². The summed E-state index contributed by atoms with van der Waals surface area (Å²) in [5.41, 5.74) is 0. The fraction of sp³-hybridized carbons (Fsp3) is 0.904. The Balaban J connectivity index is 3.37. The molecule has 2 unspecified atom stereocenters. The molecule has 0 aliphatic heterocycles. The van der Waals surface area contributed by atoms with E-state index < -0.39 is 12.1 Å². The Bertz CT molecular complexity index is 1440. The van der Waals surface area contributed by atoms with E-state index in [-0.39, 0.29) is 18.5 Å². The van der Waals surface area contributed by atoms with Crippen molar-refractivity contribution in [2.75, 3.05) is 13.2 Å².